The minimum Gasteiger partial charge on any atom is -0.462 e. The van der Waals surface area contributed by atoms with E-state index in [0.29, 0.717) is 6.54 Å². The molecule has 3 heteroatoms. The first-order valence-corrected chi connectivity index (χ1v) is 6.51. The summed E-state index contributed by atoms with van der Waals surface area (Å²) in [6, 6.07) is 14.6. The highest BCUT2D eigenvalue weighted by Crippen LogP contribution is 2.18. The molecular formula is C16H19NO2. The van der Waals surface area contributed by atoms with Crippen LogP contribution in [0.25, 0.3) is 10.8 Å². The lowest BCUT2D eigenvalue weighted by atomic mass is 10.0. The van der Waals surface area contributed by atoms with Crippen LogP contribution in [0.5, 0.6) is 0 Å². The summed E-state index contributed by atoms with van der Waals surface area (Å²) in [5, 5.41) is 5.83. The molecule has 0 aromatic heterocycles. The topological polar surface area (TPSA) is 38.3 Å². The molecule has 1 N–H and O–H groups in total. The molecule has 0 bridgehead atoms. The second-order valence-electron chi connectivity index (χ2n) is 4.69. The number of esters is 1. The molecule has 100 valence electrons. The molecule has 2 rings (SSSR count). The van der Waals surface area contributed by atoms with Crippen LogP contribution in [-0.2, 0) is 16.1 Å². The van der Waals surface area contributed by atoms with Crippen molar-refractivity contribution in [1.82, 2.24) is 5.32 Å². The number of carbonyl (C=O) groups excluding carboxylic acids is 1. The Balaban J connectivity index is 1.97. The second-order valence-corrected chi connectivity index (χ2v) is 4.69. The van der Waals surface area contributed by atoms with Crippen molar-refractivity contribution in [2.45, 2.75) is 26.5 Å². The zero-order valence-electron chi connectivity index (χ0n) is 11.3. The Morgan fingerprint density at radius 2 is 1.95 bits per heavy atom. The van der Waals surface area contributed by atoms with Gasteiger partial charge in [-0.15, -0.1) is 0 Å². The smallest absolute Gasteiger partial charge is 0.302 e. The first-order chi connectivity index (χ1) is 9.16. The summed E-state index contributed by atoms with van der Waals surface area (Å²) in [6.45, 7) is 4.74. The van der Waals surface area contributed by atoms with E-state index in [1.165, 1.54) is 23.3 Å². The Morgan fingerprint density at radius 3 is 2.74 bits per heavy atom. The van der Waals surface area contributed by atoms with E-state index in [2.05, 4.69) is 35.6 Å². The summed E-state index contributed by atoms with van der Waals surface area (Å²) >= 11 is 0. The van der Waals surface area contributed by atoms with E-state index in [9.17, 15) is 4.79 Å². The Labute approximate surface area is 113 Å². The molecular weight excluding hydrogens is 238 g/mol. The van der Waals surface area contributed by atoms with Crippen LogP contribution in [0, 0.1) is 0 Å². The third-order valence-electron chi connectivity index (χ3n) is 2.99. The van der Waals surface area contributed by atoms with Gasteiger partial charge in [-0.25, -0.2) is 0 Å². The Morgan fingerprint density at radius 1 is 1.21 bits per heavy atom. The summed E-state index contributed by atoms with van der Waals surface area (Å²) in [7, 11) is 0. The minimum absolute atomic E-state index is 0.104. The summed E-state index contributed by atoms with van der Waals surface area (Å²) in [5.74, 6) is -0.237. The van der Waals surface area contributed by atoms with E-state index in [4.69, 9.17) is 4.74 Å². The van der Waals surface area contributed by atoms with Gasteiger partial charge in [0.2, 0.25) is 0 Å². The van der Waals surface area contributed by atoms with Crippen molar-refractivity contribution in [3.63, 3.8) is 0 Å². The van der Waals surface area contributed by atoms with Gasteiger partial charge in [0.25, 0.3) is 0 Å². The average molecular weight is 257 g/mol. The van der Waals surface area contributed by atoms with Gasteiger partial charge < -0.3 is 10.1 Å². The molecule has 0 spiro atoms. The number of hydrogen-bond acceptors (Lipinski definition) is 3. The average Bonchev–Trinajstić information content (AvgIpc) is 2.38. The van der Waals surface area contributed by atoms with E-state index in [0.717, 1.165) is 6.54 Å². The van der Waals surface area contributed by atoms with Crippen molar-refractivity contribution in [3.8, 4) is 0 Å². The van der Waals surface area contributed by atoms with Gasteiger partial charge in [-0.05, 0) is 23.3 Å². The molecule has 0 saturated carbocycles. The Kier molecular flexibility index (Phi) is 4.53. The van der Waals surface area contributed by atoms with Crippen LogP contribution in [-0.4, -0.2) is 18.6 Å². The fourth-order valence-electron chi connectivity index (χ4n) is 2.18. The third kappa shape index (κ3) is 3.80. The van der Waals surface area contributed by atoms with Gasteiger partial charge in [0, 0.05) is 20.0 Å². The van der Waals surface area contributed by atoms with Crippen LogP contribution in [0.15, 0.2) is 42.5 Å². The van der Waals surface area contributed by atoms with Gasteiger partial charge in [-0.2, -0.15) is 0 Å². The Hall–Kier alpha value is -1.87. The van der Waals surface area contributed by atoms with Gasteiger partial charge >= 0.3 is 5.97 Å². The first-order valence-electron chi connectivity index (χ1n) is 6.51. The fraction of sp³-hybridized carbons (Fsp3) is 0.312. The number of carbonyl (C=O) groups is 1. The summed E-state index contributed by atoms with van der Waals surface area (Å²) in [5.41, 5.74) is 1.26. The maximum atomic E-state index is 10.8. The third-order valence-corrected chi connectivity index (χ3v) is 2.99. The second kappa shape index (κ2) is 6.34. The number of nitrogens with one attached hydrogen (secondary N) is 1. The van der Waals surface area contributed by atoms with E-state index in [1.54, 1.807) is 0 Å². The van der Waals surface area contributed by atoms with Crippen molar-refractivity contribution in [3.05, 3.63) is 48.0 Å². The molecule has 2 aromatic rings. The van der Waals surface area contributed by atoms with E-state index < -0.39 is 0 Å². The molecule has 3 nitrogen and oxygen atoms in total. The van der Waals surface area contributed by atoms with Crippen LogP contribution in [0.1, 0.15) is 19.4 Å². The van der Waals surface area contributed by atoms with Crippen LogP contribution in [0.2, 0.25) is 0 Å². The van der Waals surface area contributed by atoms with Gasteiger partial charge in [-0.3, -0.25) is 4.79 Å². The zero-order chi connectivity index (χ0) is 13.7. The lowest BCUT2D eigenvalue weighted by Gasteiger charge is -2.13. The minimum atomic E-state index is -0.237. The molecule has 0 aliphatic heterocycles. The van der Waals surface area contributed by atoms with Gasteiger partial charge in [0.1, 0.15) is 6.10 Å². The van der Waals surface area contributed by atoms with Crippen molar-refractivity contribution >= 4 is 16.7 Å². The lowest BCUT2D eigenvalue weighted by Crippen LogP contribution is -2.27. The molecule has 0 aliphatic rings. The van der Waals surface area contributed by atoms with Crippen molar-refractivity contribution in [2.24, 2.45) is 0 Å². The molecule has 0 saturated heterocycles. The summed E-state index contributed by atoms with van der Waals surface area (Å²) in [4.78, 5) is 10.8. The zero-order valence-corrected chi connectivity index (χ0v) is 11.3. The van der Waals surface area contributed by atoms with Crippen molar-refractivity contribution < 1.29 is 9.53 Å². The van der Waals surface area contributed by atoms with Gasteiger partial charge in [0.15, 0.2) is 0 Å². The molecule has 0 aliphatic carbocycles. The number of rotatable bonds is 5. The molecule has 0 heterocycles. The van der Waals surface area contributed by atoms with Crippen molar-refractivity contribution in [2.75, 3.05) is 6.54 Å². The largest absolute Gasteiger partial charge is 0.462 e. The summed E-state index contributed by atoms with van der Waals surface area (Å²) in [6.07, 6.45) is -0.104. The molecule has 0 fully saturated rings. The van der Waals surface area contributed by atoms with Crippen LogP contribution >= 0.6 is 0 Å². The molecule has 1 unspecified atom stereocenters. The van der Waals surface area contributed by atoms with Crippen LogP contribution in [0.3, 0.4) is 0 Å². The monoisotopic (exact) mass is 257 g/mol. The van der Waals surface area contributed by atoms with Crippen LogP contribution in [0.4, 0.5) is 0 Å². The standard InChI is InChI=1S/C16H19NO2/c1-12(19-13(2)18)10-17-11-15-8-5-7-14-6-3-4-9-16(14)15/h3-9,12,17H,10-11H2,1-2H3. The maximum absolute atomic E-state index is 10.8. The highest BCUT2D eigenvalue weighted by Gasteiger charge is 2.05. The normalized spacial score (nSPS) is 12.3. The predicted molar refractivity (Wildman–Crippen MR) is 76.9 cm³/mol. The maximum Gasteiger partial charge on any atom is 0.302 e. The summed E-state index contributed by atoms with van der Waals surface area (Å²) < 4.78 is 5.07. The number of benzene rings is 2. The van der Waals surface area contributed by atoms with Gasteiger partial charge in [0.05, 0.1) is 0 Å². The van der Waals surface area contributed by atoms with Gasteiger partial charge in [-0.1, -0.05) is 42.5 Å². The Bertz CT molecular complexity index is 560. The number of hydrogen-bond donors (Lipinski definition) is 1. The quantitative estimate of drug-likeness (QED) is 0.837. The highest BCUT2D eigenvalue weighted by molar-refractivity contribution is 5.85. The van der Waals surface area contributed by atoms with E-state index >= 15 is 0 Å². The number of fused-ring (bicyclic) bond motifs is 1. The van der Waals surface area contributed by atoms with Crippen molar-refractivity contribution in [1.29, 1.82) is 0 Å². The number of ether oxygens (including phenoxy) is 1. The fourth-order valence-corrected chi connectivity index (χ4v) is 2.18. The molecule has 1 atom stereocenters. The van der Waals surface area contributed by atoms with E-state index in [1.807, 2.05) is 19.1 Å². The highest BCUT2D eigenvalue weighted by atomic mass is 16.5. The first kappa shape index (κ1) is 13.6. The molecule has 0 amide bonds. The van der Waals surface area contributed by atoms with Crippen LogP contribution < -0.4 is 5.32 Å². The molecule has 2 aromatic carbocycles. The predicted octanol–water partition coefficient (Wildman–Crippen LogP) is 2.88. The van der Waals surface area contributed by atoms with E-state index in [-0.39, 0.29) is 12.1 Å². The molecule has 19 heavy (non-hydrogen) atoms. The molecule has 0 radical (unpaired) electrons. The SMILES string of the molecule is CC(=O)OC(C)CNCc1cccc2ccccc12. The lowest BCUT2D eigenvalue weighted by molar-refractivity contribution is -0.145.